The van der Waals surface area contributed by atoms with Crippen molar-refractivity contribution in [2.75, 3.05) is 6.54 Å². The second kappa shape index (κ2) is 5.30. The van der Waals surface area contributed by atoms with Gasteiger partial charge in [-0.2, -0.15) is 0 Å². The summed E-state index contributed by atoms with van der Waals surface area (Å²) in [5, 5.41) is 15.2. The Hall–Kier alpha value is -1.10. The summed E-state index contributed by atoms with van der Waals surface area (Å²) in [6.45, 7) is 4.01. The summed E-state index contributed by atoms with van der Waals surface area (Å²) in [7, 11) is 0. The number of carbonyl (C=O) groups excluding carboxylic acids is 2. The van der Waals surface area contributed by atoms with Crippen molar-refractivity contribution in [2.45, 2.75) is 51.2 Å². The molecular formula is C11H20N2O3. The van der Waals surface area contributed by atoms with Crippen LogP contribution in [0.2, 0.25) is 0 Å². The van der Waals surface area contributed by atoms with Crippen molar-refractivity contribution in [3.8, 4) is 0 Å². The minimum absolute atomic E-state index is 0.0820. The van der Waals surface area contributed by atoms with Gasteiger partial charge in [-0.1, -0.05) is 13.8 Å². The molecule has 1 fully saturated rings. The van der Waals surface area contributed by atoms with Gasteiger partial charge in [0.2, 0.25) is 11.8 Å². The topological polar surface area (TPSA) is 78.4 Å². The molecule has 0 radical (unpaired) electrons. The molecule has 1 atom stereocenters. The molecule has 1 heterocycles. The van der Waals surface area contributed by atoms with E-state index in [2.05, 4.69) is 10.6 Å². The van der Waals surface area contributed by atoms with Crippen molar-refractivity contribution in [1.29, 1.82) is 0 Å². The molecule has 0 bridgehead atoms. The van der Waals surface area contributed by atoms with Crippen LogP contribution in [-0.2, 0) is 9.59 Å². The SMILES string of the molecule is CCC(O)(CC)CNC(=O)[C@@H]1CCC(=O)N1. The molecule has 92 valence electrons. The van der Waals surface area contributed by atoms with Crippen molar-refractivity contribution in [3.63, 3.8) is 0 Å². The maximum absolute atomic E-state index is 11.6. The number of aliphatic hydroxyl groups is 1. The van der Waals surface area contributed by atoms with E-state index in [0.717, 1.165) is 0 Å². The van der Waals surface area contributed by atoms with Crippen LogP contribution in [0.5, 0.6) is 0 Å². The molecule has 5 nitrogen and oxygen atoms in total. The van der Waals surface area contributed by atoms with Gasteiger partial charge in [0.15, 0.2) is 0 Å². The van der Waals surface area contributed by atoms with E-state index < -0.39 is 11.6 Å². The summed E-state index contributed by atoms with van der Waals surface area (Å²) in [6.07, 6.45) is 2.15. The number of hydrogen-bond acceptors (Lipinski definition) is 3. The second-order valence-corrected chi connectivity index (χ2v) is 4.31. The Balaban J connectivity index is 2.37. The van der Waals surface area contributed by atoms with Gasteiger partial charge >= 0.3 is 0 Å². The fourth-order valence-corrected chi connectivity index (χ4v) is 1.69. The molecule has 0 aromatic carbocycles. The van der Waals surface area contributed by atoms with E-state index in [4.69, 9.17) is 0 Å². The van der Waals surface area contributed by atoms with Crippen LogP contribution in [0.1, 0.15) is 39.5 Å². The van der Waals surface area contributed by atoms with Gasteiger partial charge in [0, 0.05) is 13.0 Å². The number of nitrogens with one attached hydrogen (secondary N) is 2. The first kappa shape index (κ1) is 13.0. The highest BCUT2D eigenvalue weighted by molar-refractivity contribution is 5.90. The van der Waals surface area contributed by atoms with Crippen LogP contribution in [0, 0.1) is 0 Å². The number of hydrogen-bond donors (Lipinski definition) is 3. The lowest BCUT2D eigenvalue weighted by molar-refractivity contribution is -0.126. The summed E-state index contributed by atoms with van der Waals surface area (Å²) < 4.78 is 0. The first-order valence-corrected chi connectivity index (χ1v) is 5.80. The third-order valence-corrected chi connectivity index (χ3v) is 3.22. The first-order valence-electron chi connectivity index (χ1n) is 5.80. The molecule has 1 aliphatic rings. The molecule has 0 aliphatic carbocycles. The van der Waals surface area contributed by atoms with Gasteiger partial charge in [0.25, 0.3) is 0 Å². The smallest absolute Gasteiger partial charge is 0.242 e. The summed E-state index contributed by atoms with van der Waals surface area (Å²) in [5.41, 5.74) is -0.835. The molecule has 1 saturated heterocycles. The standard InChI is InChI=1S/C11H20N2O3/c1-3-11(16,4-2)7-12-10(15)8-5-6-9(14)13-8/h8,16H,3-7H2,1-2H3,(H,12,15)(H,13,14)/t8-/m0/s1. The average molecular weight is 228 g/mol. The molecule has 1 aliphatic heterocycles. The zero-order chi connectivity index (χ0) is 12.2. The van der Waals surface area contributed by atoms with Gasteiger partial charge in [-0.25, -0.2) is 0 Å². The Morgan fingerprint density at radius 2 is 2.19 bits per heavy atom. The molecule has 3 N–H and O–H groups in total. The lowest BCUT2D eigenvalue weighted by Crippen LogP contribution is -2.48. The minimum atomic E-state index is -0.835. The summed E-state index contributed by atoms with van der Waals surface area (Å²) in [5.74, 6) is -0.285. The van der Waals surface area contributed by atoms with E-state index in [1.54, 1.807) is 0 Å². The summed E-state index contributed by atoms with van der Waals surface area (Å²) >= 11 is 0. The predicted octanol–water partition coefficient (Wildman–Crippen LogP) is -0.0677. The molecule has 0 spiro atoms. The Morgan fingerprint density at radius 3 is 2.62 bits per heavy atom. The highest BCUT2D eigenvalue weighted by atomic mass is 16.3. The van der Waals surface area contributed by atoms with Crippen molar-refractivity contribution in [1.82, 2.24) is 10.6 Å². The maximum Gasteiger partial charge on any atom is 0.242 e. The van der Waals surface area contributed by atoms with Crippen LogP contribution >= 0.6 is 0 Å². The highest BCUT2D eigenvalue weighted by Gasteiger charge is 2.29. The third kappa shape index (κ3) is 3.20. The predicted molar refractivity (Wildman–Crippen MR) is 59.7 cm³/mol. The first-order chi connectivity index (χ1) is 7.50. The third-order valence-electron chi connectivity index (χ3n) is 3.22. The zero-order valence-corrected chi connectivity index (χ0v) is 9.88. The van der Waals surface area contributed by atoms with Crippen molar-refractivity contribution in [3.05, 3.63) is 0 Å². The quantitative estimate of drug-likeness (QED) is 0.616. The minimum Gasteiger partial charge on any atom is -0.388 e. The summed E-state index contributed by atoms with van der Waals surface area (Å²) in [6, 6.07) is -0.425. The van der Waals surface area contributed by atoms with E-state index in [0.29, 0.717) is 25.7 Å². The molecule has 0 aromatic rings. The highest BCUT2D eigenvalue weighted by Crippen LogP contribution is 2.13. The summed E-state index contributed by atoms with van der Waals surface area (Å²) in [4.78, 5) is 22.6. The number of amides is 2. The Morgan fingerprint density at radius 1 is 1.56 bits per heavy atom. The van der Waals surface area contributed by atoms with Crippen LogP contribution in [0.4, 0.5) is 0 Å². The van der Waals surface area contributed by atoms with Crippen molar-refractivity contribution >= 4 is 11.8 Å². The molecule has 0 unspecified atom stereocenters. The van der Waals surface area contributed by atoms with Crippen LogP contribution < -0.4 is 10.6 Å². The van der Waals surface area contributed by atoms with Gasteiger partial charge in [-0.15, -0.1) is 0 Å². The average Bonchev–Trinajstić information content (AvgIpc) is 2.72. The maximum atomic E-state index is 11.6. The largest absolute Gasteiger partial charge is 0.388 e. The van der Waals surface area contributed by atoms with E-state index in [1.807, 2.05) is 13.8 Å². The normalized spacial score (nSPS) is 20.7. The second-order valence-electron chi connectivity index (χ2n) is 4.31. The zero-order valence-electron chi connectivity index (χ0n) is 9.88. The Kier molecular flexibility index (Phi) is 4.29. The lowest BCUT2D eigenvalue weighted by Gasteiger charge is -2.26. The van der Waals surface area contributed by atoms with Crippen LogP contribution in [-0.4, -0.2) is 35.1 Å². The van der Waals surface area contributed by atoms with Crippen molar-refractivity contribution in [2.24, 2.45) is 0 Å². The lowest BCUT2D eigenvalue weighted by atomic mass is 9.97. The van der Waals surface area contributed by atoms with Crippen molar-refractivity contribution < 1.29 is 14.7 Å². The van der Waals surface area contributed by atoms with E-state index in [-0.39, 0.29) is 18.4 Å². The molecule has 0 saturated carbocycles. The Bertz CT molecular complexity index is 274. The Labute approximate surface area is 95.6 Å². The molecule has 2 amide bonds. The molecule has 0 aromatic heterocycles. The van der Waals surface area contributed by atoms with Gasteiger partial charge in [0.05, 0.1) is 5.60 Å². The van der Waals surface area contributed by atoms with Crippen LogP contribution in [0.3, 0.4) is 0 Å². The fourth-order valence-electron chi connectivity index (χ4n) is 1.69. The van der Waals surface area contributed by atoms with E-state index >= 15 is 0 Å². The molecule has 16 heavy (non-hydrogen) atoms. The number of rotatable bonds is 5. The molecular weight excluding hydrogens is 208 g/mol. The van der Waals surface area contributed by atoms with Crippen LogP contribution in [0.15, 0.2) is 0 Å². The molecule has 1 rings (SSSR count). The molecule has 5 heteroatoms. The fraction of sp³-hybridized carbons (Fsp3) is 0.818. The van der Waals surface area contributed by atoms with E-state index in [9.17, 15) is 14.7 Å². The van der Waals surface area contributed by atoms with Crippen LogP contribution in [0.25, 0.3) is 0 Å². The van der Waals surface area contributed by atoms with Gasteiger partial charge < -0.3 is 15.7 Å². The van der Waals surface area contributed by atoms with E-state index in [1.165, 1.54) is 0 Å². The number of carbonyl (C=O) groups is 2. The van der Waals surface area contributed by atoms with Gasteiger partial charge in [-0.05, 0) is 19.3 Å². The monoisotopic (exact) mass is 228 g/mol. The van der Waals surface area contributed by atoms with Gasteiger partial charge in [0.1, 0.15) is 6.04 Å². The van der Waals surface area contributed by atoms with Gasteiger partial charge in [-0.3, -0.25) is 9.59 Å².